The molecule has 0 radical (unpaired) electrons. The van der Waals surface area contributed by atoms with Crippen molar-refractivity contribution in [2.45, 2.75) is 16.7 Å². The Morgan fingerprint density at radius 2 is 2.00 bits per heavy atom. The molecule has 3 aromatic rings. The molecule has 1 unspecified atom stereocenters. The van der Waals surface area contributed by atoms with Gasteiger partial charge in [0.1, 0.15) is 26.2 Å². The molecule has 0 aliphatic carbocycles. The van der Waals surface area contributed by atoms with E-state index in [0.717, 1.165) is 35.3 Å². The Labute approximate surface area is 208 Å². The summed E-state index contributed by atoms with van der Waals surface area (Å²) < 4.78 is 49.1. The number of ether oxygens (including phenoxy) is 1. The molecule has 5 nitrogen and oxygen atoms in total. The summed E-state index contributed by atoms with van der Waals surface area (Å²) in [5.41, 5.74) is 1.36. The number of halogens is 4. The normalized spacial score (nSPS) is 17.0. The largest absolute Gasteiger partial charge is 0.488 e. The van der Waals surface area contributed by atoms with Gasteiger partial charge in [-0.25, -0.2) is 12.8 Å². The van der Waals surface area contributed by atoms with Crippen molar-refractivity contribution in [3.63, 3.8) is 0 Å². The molecule has 0 spiro atoms. The topological polar surface area (TPSA) is 58.6 Å². The number of nitrogens with zero attached hydrogens (tertiary/aromatic N) is 1. The standard InChI is InChI=1S/C21H18BrCl2FN2O3S2/c1-27-7-6-14(11-27)30-19-9-13(3-4-16(19)22)26-32(28,29)20-10-15(21(24)31-20)12-2-5-18(25)17(23)8-12/h2-5,8-10,14,26H,6-7,11H2,1H3. The fourth-order valence-electron chi connectivity index (χ4n) is 3.37. The van der Waals surface area contributed by atoms with Crippen LogP contribution in [0.3, 0.4) is 0 Å². The van der Waals surface area contributed by atoms with Gasteiger partial charge in [0.05, 0.1) is 15.2 Å². The number of hydrogen-bond acceptors (Lipinski definition) is 5. The third-order valence-electron chi connectivity index (χ3n) is 4.98. The molecule has 0 bridgehead atoms. The third-order valence-corrected chi connectivity index (χ3v) is 9.14. The van der Waals surface area contributed by atoms with Gasteiger partial charge in [0.2, 0.25) is 0 Å². The van der Waals surface area contributed by atoms with Crippen LogP contribution in [0.4, 0.5) is 10.1 Å². The number of hydrogen-bond donors (Lipinski definition) is 1. The molecular weight excluding hydrogens is 562 g/mol. The maximum Gasteiger partial charge on any atom is 0.271 e. The molecule has 11 heteroatoms. The zero-order valence-electron chi connectivity index (χ0n) is 16.7. The fraction of sp³-hybridized carbons (Fsp3) is 0.238. The van der Waals surface area contributed by atoms with Crippen LogP contribution < -0.4 is 9.46 Å². The smallest absolute Gasteiger partial charge is 0.271 e. The highest BCUT2D eigenvalue weighted by Gasteiger charge is 2.24. The molecule has 2 aromatic carbocycles. The zero-order valence-corrected chi connectivity index (χ0v) is 21.5. The first-order valence-corrected chi connectivity index (χ1v) is 13.4. The highest BCUT2D eigenvalue weighted by Crippen LogP contribution is 2.40. The lowest BCUT2D eigenvalue weighted by Gasteiger charge is -2.16. The van der Waals surface area contributed by atoms with Crippen LogP contribution in [-0.4, -0.2) is 39.6 Å². The lowest BCUT2D eigenvalue weighted by atomic mass is 10.1. The fourth-order valence-corrected chi connectivity index (χ4v) is 6.71. The number of anilines is 1. The average molecular weight is 580 g/mol. The zero-order chi connectivity index (χ0) is 23.0. The highest BCUT2D eigenvalue weighted by atomic mass is 79.9. The molecule has 0 amide bonds. The Morgan fingerprint density at radius 1 is 1.22 bits per heavy atom. The quantitative estimate of drug-likeness (QED) is 0.362. The Morgan fingerprint density at radius 3 is 2.69 bits per heavy atom. The van der Waals surface area contributed by atoms with Gasteiger partial charge in [0.15, 0.2) is 0 Å². The summed E-state index contributed by atoms with van der Waals surface area (Å²) in [5.74, 6) is 0.00476. The van der Waals surface area contributed by atoms with E-state index in [-0.39, 0.29) is 19.7 Å². The number of nitrogens with one attached hydrogen (secondary N) is 1. The minimum absolute atomic E-state index is 0.0285. The highest BCUT2D eigenvalue weighted by molar-refractivity contribution is 9.10. The maximum absolute atomic E-state index is 13.5. The van der Waals surface area contributed by atoms with Crippen molar-refractivity contribution in [3.05, 3.63) is 62.1 Å². The van der Waals surface area contributed by atoms with E-state index in [2.05, 4.69) is 25.6 Å². The van der Waals surface area contributed by atoms with Crippen LogP contribution in [0.25, 0.3) is 11.1 Å². The molecule has 1 N–H and O–H groups in total. The van der Waals surface area contributed by atoms with Crippen molar-refractivity contribution in [3.8, 4) is 16.9 Å². The van der Waals surface area contributed by atoms with E-state index in [0.29, 0.717) is 22.6 Å². The second-order valence-corrected chi connectivity index (χ2v) is 12.2. The molecular formula is C21H18BrCl2FN2O3S2. The van der Waals surface area contributed by atoms with E-state index in [9.17, 15) is 12.8 Å². The molecule has 1 fully saturated rings. The summed E-state index contributed by atoms with van der Waals surface area (Å²) in [7, 11) is -1.88. The second kappa shape index (κ2) is 9.48. The van der Waals surface area contributed by atoms with Gasteiger partial charge in [-0.05, 0) is 65.3 Å². The first-order valence-electron chi connectivity index (χ1n) is 9.55. The predicted octanol–water partition coefficient (Wildman–Crippen LogP) is 6.51. The molecule has 1 saturated heterocycles. The molecule has 1 aliphatic rings. The van der Waals surface area contributed by atoms with Crippen LogP contribution in [0.1, 0.15) is 6.42 Å². The molecule has 4 rings (SSSR count). The molecule has 0 saturated carbocycles. The van der Waals surface area contributed by atoms with E-state index in [4.69, 9.17) is 27.9 Å². The van der Waals surface area contributed by atoms with Crippen LogP contribution >= 0.6 is 50.5 Å². The van der Waals surface area contributed by atoms with Crippen LogP contribution in [0, 0.1) is 5.82 Å². The maximum atomic E-state index is 13.5. The first kappa shape index (κ1) is 23.8. The number of rotatable bonds is 6. The first-order chi connectivity index (χ1) is 15.1. The minimum Gasteiger partial charge on any atom is -0.488 e. The third kappa shape index (κ3) is 5.24. The number of sulfonamides is 1. The van der Waals surface area contributed by atoms with E-state index >= 15 is 0 Å². The average Bonchev–Trinajstić information content (AvgIpc) is 3.32. The van der Waals surface area contributed by atoms with Crippen LogP contribution in [0.5, 0.6) is 5.75 Å². The van der Waals surface area contributed by atoms with E-state index < -0.39 is 15.8 Å². The van der Waals surface area contributed by atoms with Gasteiger partial charge < -0.3 is 9.64 Å². The Balaban J connectivity index is 1.57. The van der Waals surface area contributed by atoms with Crippen LogP contribution in [-0.2, 0) is 10.0 Å². The molecule has 1 atom stereocenters. The van der Waals surface area contributed by atoms with Gasteiger partial charge in [-0.1, -0.05) is 29.3 Å². The van der Waals surface area contributed by atoms with Crippen molar-refractivity contribution in [1.29, 1.82) is 0 Å². The van der Waals surface area contributed by atoms with Gasteiger partial charge in [0.25, 0.3) is 10.0 Å². The van der Waals surface area contributed by atoms with Crippen molar-refractivity contribution in [2.75, 3.05) is 24.9 Å². The number of thiophene rings is 1. The Kier molecular flexibility index (Phi) is 7.05. The summed E-state index contributed by atoms with van der Waals surface area (Å²) in [6, 6.07) is 10.6. The second-order valence-electron chi connectivity index (χ2n) is 7.42. The number of benzene rings is 2. The van der Waals surface area contributed by atoms with Gasteiger partial charge in [-0.3, -0.25) is 4.72 Å². The van der Waals surface area contributed by atoms with Gasteiger partial charge in [-0.2, -0.15) is 0 Å². The Hall–Kier alpha value is -1.36. The van der Waals surface area contributed by atoms with Crippen LogP contribution in [0.2, 0.25) is 9.36 Å². The molecule has 170 valence electrons. The predicted molar refractivity (Wildman–Crippen MR) is 131 cm³/mol. The summed E-state index contributed by atoms with van der Waals surface area (Å²) in [5, 5.41) is -0.0665. The van der Waals surface area contributed by atoms with Gasteiger partial charge in [-0.15, -0.1) is 11.3 Å². The summed E-state index contributed by atoms with van der Waals surface area (Å²) >= 11 is 16.5. The van der Waals surface area contributed by atoms with Crippen molar-refractivity contribution < 1.29 is 17.5 Å². The van der Waals surface area contributed by atoms with Gasteiger partial charge >= 0.3 is 0 Å². The number of likely N-dealkylation sites (N-methyl/N-ethyl adjacent to an activating group) is 1. The molecule has 2 heterocycles. The van der Waals surface area contributed by atoms with E-state index in [1.165, 1.54) is 24.3 Å². The van der Waals surface area contributed by atoms with Crippen molar-refractivity contribution in [2.24, 2.45) is 0 Å². The SMILES string of the molecule is CN1CCC(Oc2cc(NS(=O)(=O)c3cc(-c4ccc(F)c(Cl)c4)c(Cl)s3)ccc2Br)C1. The summed E-state index contributed by atoms with van der Waals surface area (Å²) in [6.07, 6.45) is 0.951. The Bertz CT molecular complexity index is 1270. The summed E-state index contributed by atoms with van der Waals surface area (Å²) in [6.45, 7) is 1.77. The van der Waals surface area contributed by atoms with Crippen LogP contribution in [0.15, 0.2) is 51.1 Å². The minimum atomic E-state index is -3.91. The summed E-state index contributed by atoms with van der Waals surface area (Å²) in [4.78, 5) is 2.18. The molecule has 1 aliphatic heterocycles. The van der Waals surface area contributed by atoms with E-state index in [1.807, 2.05) is 7.05 Å². The van der Waals surface area contributed by atoms with E-state index in [1.54, 1.807) is 18.2 Å². The van der Waals surface area contributed by atoms with Crippen molar-refractivity contribution in [1.82, 2.24) is 4.90 Å². The lowest BCUT2D eigenvalue weighted by Crippen LogP contribution is -2.21. The number of likely N-dealkylation sites (tertiary alicyclic amines) is 1. The van der Waals surface area contributed by atoms with Gasteiger partial charge in [0, 0.05) is 24.7 Å². The monoisotopic (exact) mass is 578 g/mol. The van der Waals surface area contributed by atoms with Crippen molar-refractivity contribution >= 4 is 66.2 Å². The lowest BCUT2D eigenvalue weighted by molar-refractivity contribution is 0.207. The molecule has 32 heavy (non-hydrogen) atoms. The molecule has 1 aromatic heterocycles.